The molecule has 0 aliphatic heterocycles. The van der Waals surface area contributed by atoms with E-state index >= 15 is 0 Å². The first-order chi connectivity index (χ1) is 11.5. The second kappa shape index (κ2) is 7.97. The van der Waals surface area contributed by atoms with Gasteiger partial charge in [-0.3, -0.25) is 4.79 Å². The van der Waals surface area contributed by atoms with Crippen LogP contribution in [0.25, 0.3) is 6.08 Å². The smallest absolute Gasteiger partial charge is 0.335 e. The maximum Gasteiger partial charge on any atom is 0.335 e. The number of aryl methyl sites for hydroxylation is 1. The van der Waals surface area contributed by atoms with E-state index in [4.69, 9.17) is 9.84 Å². The van der Waals surface area contributed by atoms with Crippen LogP contribution in [0.5, 0.6) is 5.75 Å². The summed E-state index contributed by atoms with van der Waals surface area (Å²) in [5.74, 6) is -0.579. The van der Waals surface area contributed by atoms with Gasteiger partial charge >= 0.3 is 5.97 Å². The fourth-order valence-corrected chi connectivity index (χ4v) is 2.08. The Hall–Kier alpha value is -3.08. The number of carboxylic acids is 1. The molecule has 0 heterocycles. The number of carbonyl (C=O) groups is 2. The van der Waals surface area contributed by atoms with Crippen molar-refractivity contribution in [3.63, 3.8) is 0 Å². The Morgan fingerprint density at radius 2 is 1.88 bits per heavy atom. The van der Waals surface area contributed by atoms with Crippen LogP contribution in [0, 0.1) is 6.92 Å². The number of aromatic carboxylic acids is 1. The SMILES string of the molecule is CCOc1ccc(/C=C/C(=O)Nc2cc(C(=O)O)ccc2C)cc1. The van der Waals surface area contributed by atoms with Crippen LogP contribution in [-0.4, -0.2) is 23.6 Å². The zero-order valence-corrected chi connectivity index (χ0v) is 13.6. The fourth-order valence-electron chi connectivity index (χ4n) is 2.08. The Bertz CT molecular complexity index is 763. The standard InChI is InChI=1S/C19H19NO4/c1-3-24-16-9-5-14(6-10-16)7-11-18(21)20-17-12-15(19(22)23)8-4-13(17)2/h4-12H,3H2,1-2H3,(H,20,21)(H,22,23)/b11-7+. The Balaban J connectivity index is 2.05. The predicted molar refractivity (Wildman–Crippen MR) is 93.4 cm³/mol. The molecule has 5 nitrogen and oxygen atoms in total. The summed E-state index contributed by atoms with van der Waals surface area (Å²) in [7, 11) is 0. The molecule has 2 aromatic rings. The Morgan fingerprint density at radius 1 is 1.17 bits per heavy atom. The van der Waals surface area contributed by atoms with Crippen molar-refractivity contribution in [2.75, 3.05) is 11.9 Å². The van der Waals surface area contributed by atoms with E-state index in [0.717, 1.165) is 16.9 Å². The zero-order chi connectivity index (χ0) is 17.5. The summed E-state index contributed by atoms with van der Waals surface area (Å²) in [4.78, 5) is 23.0. The number of carboxylic acid groups (broad SMARTS) is 1. The molecule has 0 aliphatic rings. The van der Waals surface area contributed by atoms with E-state index in [0.29, 0.717) is 12.3 Å². The highest BCUT2D eigenvalue weighted by Gasteiger charge is 2.07. The maximum absolute atomic E-state index is 12.0. The van der Waals surface area contributed by atoms with Crippen LogP contribution in [0.1, 0.15) is 28.4 Å². The number of ether oxygens (including phenoxy) is 1. The average Bonchev–Trinajstić information content (AvgIpc) is 2.56. The Morgan fingerprint density at radius 3 is 2.50 bits per heavy atom. The lowest BCUT2D eigenvalue weighted by Crippen LogP contribution is -2.10. The van der Waals surface area contributed by atoms with Crippen LogP contribution in [0.4, 0.5) is 5.69 Å². The number of nitrogens with one attached hydrogen (secondary N) is 1. The highest BCUT2D eigenvalue weighted by atomic mass is 16.5. The molecule has 2 aromatic carbocycles. The van der Waals surface area contributed by atoms with Gasteiger partial charge in [0.2, 0.25) is 5.91 Å². The molecule has 0 radical (unpaired) electrons. The summed E-state index contributed by atoms with van der Waals surface area (Å²) in [6, 6.07) is 12.0. The van der Waals surface area contributed by atoms with Gasteiger partial charge in [-0.05, 0) is 55.3 Å². The van der Waals surface area contributed by atoms with E-state index in [2.05, 4.69) is 5.32 Å². The van der Waals surface area contributed by atoms with Crippen LogP contribution < -0.4 is 10.1 Å². The van der Waals surface area contributed by atoms with E-state index < -0.39 is 5.97 Å². The molecular formula is C19H19NO4. The van der Waals surface area contributed by atoms with Gasteiger partial charge in [0.1, 0.15) is 5.75 Å². The summed E-state index contributed by atoms with van der Waals surface area (Å²) in [5.41, 5.74) is 2.27. The third-order valence-electron chi connectivity index (χ3n) is 3.36. The summed E-state index contributed by atoms with van der Waals surface area (Å²) >= 11 is 0. The maximum atomic E-state index is 12.0. The number of carbonyl (C=O) groups excluding carboxylic acids is 1. The Labute approximate surface area is 140 Å². The molecule has 0 spiro atoms. The number of rotatable bonds is 6. The predicted octanol–water partition coefficient (Wildman–Crippen LogP) is 3.74. The minimum Gasteiger partial charge on any atom is -0.494 e. The lowest BCUT2D eigenvalue weighted by Gasteiger charge is -2.07. The first-order valence-corrected chi connectivity index (χ1v) is 7.55. The van der Waals surface area contributed by atoms with Crippen LogP contribution in [0.15, 0.2) is 48.5 Å². The monoisotopic (exact) mass is 325 g/mol. The van der Waals surface area contributed by atoms with Gasteiger partial charge in [-0.2, -0.15) is 0 Å². The topological polar surface area (TPSA) is 75.6 Å². The van der Waals surface area contributed by atoms with Crippen molar-refractivity contribution in [2.24, 2.45) is 0 Å². The first kappa shape index (κ1) is 17.3. The second-order valence-corrected chi connectivity index (χ2v) is 5.16. The number of anilines is 1. The summed E-state index contributed by atoms with van der Waals surface area (Å²) < 4.78 is 5.36. The molecular weight excluding hydrogens is 306 g/mol. The highest BCUT2D eigenvalue weighted by Crippen LogP contribution is 2.17. The third-order valence-corrected chi connectivity index (χ3v) is 3.36. The van der Waals surface area contributed by atoms with Crippen LogP contribution in [-0.2, 0) is 4.79 Å². The van der Waals surface area contributed by atoms with Gasteiger partial charge < -0.3 is 15.2 Å². The lowest BCUT2D eigenvalue weighted by atomic mass is 10.1. The van der Waals surface area contributed by atoms with E-state index in [-0.39, 0.29) is 11.5 Å². The molecule has 0 saturated heterocycles. The summed E-state index contributed by atoms with van der Waals surface area (Å²) in [6.45, 7) is 4.32. The molecule has 5 heteroatoms. The normalized spacial score (nSPS) is 10.6. The van der Waals surface area contributed by atoms with Crippen LogP contribution in [0.3, 0.4) is 0 Å². The van der Waals surface area contributed by atoms with Crippen molar-refractivity contribution < 1.29 is 19.4 Å². The van der Waals surface area contributed by atoms with Gasteiger partial charge in [0.05, 0.1) is 12.2 Å². The van der Waals surface area contributed by atoms with Gasteiger partial charge in [-0.25, -0.2) is 4.79 Å². The molecule has 0 saturated carbocycles. The summed E-state index contributed by atoms with van der Waals surface area (Å²) in [5, 5.41) is 11.7. The second-order valence-electron chi connectivity index (χ2n) is 5.16. The van der Waals surface area contributed by atoms with Crippen molar-refractivity contribution in [2.45, 2.75) is 13.8 Å². The van der Waals surface area contributed by atoms with E-state index in [9.17, 15) is 9.59 Å². The molecule has 0 aromatic heterocycles. The molecule has 0 unspecified atom stereocenters. The molecule has 0 aliphatic carbocycles. The van der Waals surface area contributed by atoms with Crippen molar-refractivity contribution in [3.05, 3.63) is 65.2 Å². The van der Waals surface area contributed by atoms with Crippen molar-refractivity contribution >= 4 is 23.6 Å². The van der Waals surface area contributed by atoms with Gasteiger partial charge in [0.15, 0.2) is 0 Å². The van der Waals surface area contributed by atoms with Crippen LogP contribution in [0.2, 0.25) is 0 Å². The van der Waals surface area contributed by atoms with Gasteiger partial charge in [0, 0.05) is 11.8 Å². The van der Waals surface area contributed by atoms with Crippen LogP contribution >= 0.6 is 0 Å². The highest BCUT2D eigenvalue weighted by molar-refractivity contribution is 6.03. The zero-order valence-electron chi connectivity index (χ0n) is 13.6. The summed E-state index contributed by atoms with van der Waals surface area (Å²) in [6.07, 6.45) is 3.09. The number of benzene rings is 2. The minimum absolute atomic E-state index is 0.131. The van der Waals surface area contributed by atoms with E-state index in [1.165, 1.54) is 18.2 Å². The Kier molecular flexibility index (Phi) is 5.73. The van der Waals surface area contributed by atoms with Crippen molar-refractivity contribution in [1.29, 1.82) is 0 Å². The molecule has 2 N–H and O–H groups in total. The largest absolute Gasteiger partial charge is 0.494 e. The molecule has 1 amide bonds. The number of amides is 1. The van der Waals surface area contributed by atoms with Crippen molar-refractivity contribution in [3.8, 4) is 5.75 Å². The molecule has 24 heavy (non-hydrogen) atoms. The van der Waals surface area contributed by atoms with Gasteiger partial charge in [-0.15, -0.1) is 0 Å². The molecule has 2 rings (SSSR count). The molecule has 124 valence electrons. The number of hydrogen-bond acceptors (Lipinski definition) is 3. The van der Waals surface area contributed by atoms with Gasteiger partial charge in [-0.1, -0.05) is 18.2 Å². The van der Waals surface area contributed by atoms with E-state index in [1.54, 1.807) is 19.1 Å². The molecule has 0 atom stereocenters. The van der Waals surface area contributed by atoms with Gasteiger partial charge in [0.25, 0.3) is 0 Å². The minimum atomic E-state index is -1.03. The van der Waals surface area contributed by atoms with Crippen molar-refractivity contribution in [1.82, 2.24) is 0 Å². The average molecular weight is 325 g/mol. The fraction of sp³-hybridized carbons (Fsp3) is 0.158. The third kappa shape index (κ3) is 4.71. The first-order valence-electron chi connectivity index (χ1n) is 7.55. The number of hydrogen-bond donors (Lipinski definition) is 2. The van der Waals surface area contributed by atoms with E-state index in [1.807, 2.05) is 31.2 Å². The molecule has 0 bridgehead atoms. The lowest BCUT2D eigenvalue weighted by molar-refractivity contribution is -0.111. The quantitative estimate of drug-likeness (QED) is 0.793. The molecule has 0 fully saturated rings.